The van der Waals surface area contributed by atoms with Crippen LogP contribution in [0.1, 0.15) is 30.5 Å². The largest absolute Gasteiger partial charge is 0.319 e. The van der Waals surface area contributed by atoms with Gasteiger partial charge in [0.2, 0.25) is 0 Å². The second kappa shape index (κ2) is 8.34. The summed E-state index contributed by atoms with van der Waals surface area (Å²) in [6.45, 7) is 12.2. The SMILES string of the molecule is CNCC(CNCCc1ccc(C)c(C)c1)C(C)C. The molecule has 2 heteroatoms. The highest BCUT2D eigenvalue weighted by molar-refractivity contribution is 5.29. The highest BCUT2D eigenvalue weighted by atomic mass is 14.9. The first kappa shape index (κ1) is 16.2. The lowest BCUT2D eigenvalue weighted by molar-refractivity contribution is 0.354. The van der Waals surface area contributed by atoms with Gasteiger partial charge in [-0.15, -0.1) is 0 Å². The van der Waals surface area contributed by atoms with Crippen LogP contribution in [-0.2, 0) is 6.42 Å². The van der Waals surface area contributed by atoms with Crippen LogP contribution in [0.5, 0.6) is 0 Å². The number of benzene rings is 1. The minimum atomic E-state index is 0.713. The Morgan fingerprint density at radius 2 is 1.79 bits per heavy atom. The average molecular weight is 262 g/mol. The van der Waals surface area contributed by atoms with Gasteiger partial charge >= 0.3 is 0 Å². The second-order valence-electron chi connectivity index (χ2n) is 5.93. The van der Waals surface area contributed by atoms with Crippen molar-refractivity contribution in [3.63, 3.8) is 0 Å². The fourth-order valence-corrected chi connectivity index (χ4v) is 2.28. The lowest BCUT2D eigenvalue weighted by Gasteiger charge is -2.21. The molecule has 0 aliphatic heterocycles. The Morgan fingerprint density at radius 1 is 1.05 bits per heavy atom. The summed E-state index contributed by atoms with van der Waals surface area (Å²) in [5, 5.41) is 6.88. The quantitative estimate of drug-likeness (QED) is 0.704. The summed E-state index contributed by atoms with van der Waals surface area (Å²) in [5.41, 5.74) is 4.21. The zero-order valence-electron chi connectivity index (χ0n) is 13.2. The van der Waals surface area contributed by atoms with Crippen LogP contribution >= 0.6 is 0 Å². The van der Waals surface area contributed by atoms with Crippen LogP contribution in [-0.4, -0.2) is 26.7 Å². The Labute approximate surface area is 119 Å². The maximum absolute atomic E-state index is 3.59. The van der Waals surface area contributed by atoms with E-state index < -0.39 is 0 Å². The van der Waals surface area contributed by atoms with Crippen LogP contribution in [0.15, 0.2) is 18.2 Å². The van der Waals surface area contributed by atoms with Crippen LogP contribution in [0.3, 0.4) is 0 Å². The lowest BCUT2D eigenvalue weighted by Crippen LogP contribution is -2.34. The molecule has 0 spiro atoms. The first-order valence-electron chi connectivity index (χ1n) is 7.46. The average Bonchev–Trinajstić information content (AvgIpc) is 2.37. The highest BCUT2D eigenvalue weighted by Gasteiger charge is 2.11. The molecule has 0 fully saturated rings. The van der Waals surface area contributed by atoms with E-state index in [1.807, 2.05) is 7.05 Å². The molecule has 0 saturated carbocycles. The van der Waals surface area contributed by atoms with Crippen molar-refractivity contribution in [1.29, 1.82) is 0 Å². The predicted molar refractivity (Wildman–Crippen MR) is 84.7 cm³/mol. The monoisotopic (exact) mass is 262 g/mol. The fourth-order valence-electron chi connectivity index (χ4n) is 2.28. The molecule has 0 bridgehead atoms. The van der Waals surface area contributed by atoms with E-state index in [-0.39, 0.29) is 0 Å². The van der Waals surface area contributed by atoms with E-state index in [9.17, 15) is 0 Å². The van der Waals surface area contributed by atoms with E-state index >= 15 is 0 Å². The maximum Gasteiger partial charge on any atom is -0.000580 e. The molecule has 0 aliphatic carbocycles. The Balaban J connectivity index is 2.31. The molecule has 0 saturated heterocycles. The second-order valence-corrected chi connectivity index (χ2v) is 5.93. The molecule has 108 valence electrons. The number of rotatable bonds is 8. The summed E-state index contributed by atoms with van der Waals surface area (Å²) < 4.78 is 0. The molecular weight excluding hydrogens is 232 g/mol. The standard InChI is InChI=1S/C17H30N2/c1-13(2)17(11-18-5)12-19-9-8-16-7-6-14(3)15(4)10-16/h6-7,10,13,17-19H,8-9,11-12H2,1-5H3. The smallest absolute Gasteiger partial charge is 0.000580 e. The summed E-state index contributed by atoms with van der Waals surface area (Å²) in [5.74, 6) is 1.44. The van der Waals surface area contributed by atoms with Gasteiger partial charge in [0.25, 0.3) is 0 Å². The summed E-state index contributed by atoms with van der Waals surface area (Å²) >= 11 is 0. The molecule has 0 radical (unpaired) electrons. The summed E-state index contributed by atoms with van der Waals surface area (Å²) in [6, 6.07) is 6.78. The van der Waals surface area contributed by atoms with Crippen LogP contribution in [0.25, 0.3) is 0 Å². The van der Waals surface area contributed by atoms with Crippen molar-refractivity contribution in [3.8, 4) is 0 Å². The van der Waals surface area contributed by atoms with Gasteiger partial charge < -0.3 is 10.6 Å². The molecule has 2 nitrogen and oxygen atoms in total. The Hall–Kier alpha value is -0.860. The molecule has 0 aromatic heterocycles. The maximum atomic E-state index is 3.59. The molecule has 1 aromatic carbocycles. The lowest BCUT2D eigenvalue weighted by atomic mass is 9.95. The van der Waals surface area contributed by atoms with E-state index in [2.05, 4.69) is 56.5 Å². The van der Waals surface area contributed by atoms with Crippen molar-refractivity contribution in [2.45, 2.75) is 34.1 Å². The molecule has 0 aliphatic rings. The van der Waals surface area contributed by atoms with Gasteiger partial charge in [-0.1, -0.05) is 32.0 Å². The summed E-state index contributed by atoms with van der Waals surface area (Å²) in [7, 11) is 2.03. The van der Waals surface area contributed by atoms with Gasteiger partial charge in [-0.05, 0) is 75.5 Å². The van der Waals surface area contributed by atoms with Gasteiger partial charge in [0.15, 0.2) is 0 Å². The molecular formula is C17H30N2. The number of nitrogens with one attached hydrogen (secondary N) is 2. The molecule has 19 heavy (non-hydrogen) atoms. The van der Waals surface area contributed by atoms with Gasteiger partial charge in [-0.25, -0.2) is 0 Å². The van der Waals surface area contributed by atoms with Crippen LogP contribution in [0, 0.1) is 25.7 Å². The zero-order valence-corrected chi connectivity index (χ0v) is 13.2. The van der Waals surface area contributed by atoms with E-state index in [0.717, 1.165) is 32.0 Å². The fraction of sp³-hybridized carbons (Fsp3) is 0.647. The third-order valence-corrected chi connectivity index (χ3v) is 3.98. The third-order valence-electron chi connectivity index (χ3n) is 3.98. The van der Waals surface area contributed by atoms with Gasteiger partial charge in [0, 0.05) is 0 Å². The minimum Gasteiger partial charge on any atom is -0.319 e. The third kappa shape index (κ3) is 5.75. The van der Waals surface area contributed by atoms with Crippen molar-refractivity contribution >= 4 is 0 Å². The molecule has 2 N–H and O–H groups in total. The van der Waals surface area contributed by atoms with Gasteiger partial charge in [0.1, 0.15) is 0 Å². The zero-order chi connectivity index (χ0) is 14.3. The van der Waals surface area contributed by atoms with Crippen molar-refractivity contribution < 1.29 is 0 Å². The van der Waals surface area contributed by atoms with Gasteiger partial charge in [0.05, 0.1) is 0 Å². The van der Waals surface area contributed by atoms with E-state index in [0.29, 0.717) is 5.92 Å². The first-order chi connectivity index (χ1) is 9.04. The van der Waals surface area contributed by atoms with Crippen molar-refractivity contribution in [1.82, 2.24) is 10.6 Å². The predicted octanol–water partition coefficient (Wildman–Crippen LogP) is 2.93. The molecule has 1 aromatic rings. The van der Waals surface area contributed by atoms with Gasteiger partial charge in [-0.2, -0.15) is 0 Å². The first-order valence-corrected chi connectivity index (χ1v) is 7.46. The molecule has 1 unspecified atom stereocenters. The Bertz CT molecular complexity index is 372. The summed E-state index contributed by atoms with van der Waals surface area (Å²) in [4.78, 5) is 0. The number of aryl methyl sites for hydroxylation is 2. The van der Waals surface area contributed by atoms with Crippen LogP contribution < -0.4 is 10.6 Å². The number of hydrogen-bond donors (Lipinski definition) is 2. The minimum absolute atomic E-state index is 0.713. The highest BCUT2D eigenvalue weighted by Crippen LogP contribution is 2.11. The summed E-state index contributed by atoms with van der Waals surface area (Å²) in [6.07, 6.45) is 1.12. The van der Waals surface area contributed by atoms with Crippen molar-refractivity contribution in [3.05, 3.63) is 34.9 Å². The van der Waals surface area contributed by atoms with Gasteiger partial charge in [-0.3, -0.25) is 0 Å². The molecule has 1 rings (SSSR count). The topological polar surface area (TPSA) is 24.1 Å². The Kier molecular flexibility index (Phi) is 7.11. The van der Waals surface area contributed by atoms with Crippen LogP contribution in [0.2, 0.25) is 0 Å². The number of hydrogen-bond acceptors (Lipinski definition) is 2. The van der Waals surface area contributed by atoms with E-state index in [1.165, 1.54) is 16.7 Å². The van der Waals surface area contributed by atoms with Crippen LogP contribution in [0.4, 0.5) is 0 Å². The van der Waals surface area contributed by atoms with E-state index in [1.54, 1.807) is 0 Å². The molecule has 0 amide bonds. The van der Waals surface area contributed by atoms with E-state index in [4.69, 9.17) is 0 Å². The molecule has 0 heterocycles. The van der Waals surface area contributed by atoms with Crippen molar-refractivity contribution in [2.24, 2.45) is 11.8 Å². The Morgan fingerprint density at radius 3 is 2.37 bits per heavy atom. The normalized spacial score (nSPS) is 12.9. The van der Waals surface area contributed by atoms with Crippen molar-refractivity contribution in [2.75, 3.05) is 26.7 Å². The molecule has 1 atom stereocenters.